The van der Waals surface area contributed by atoms with Crippen molar-refractivity contribution in [2.45, 2.75) is 25.6 Å². The quantitative estimate of drug-likeness (QED) is 0.794. The van der Waals surface area contributed by atoms with Crippen LogP contribution in [0.1, 0.15) is 13.8 Å². The van der Waals surface area contributed by atoms with E-state index in [2.05, 4.69) is 19.9 Å². The fourth-order valence-electron chi connectivity index (χ4n) is 1.76. The number of benzene rings is 1. The molecule has 1 aromatic carbocycles. The molecule has 0 radical (unpaired) electrons. The Hall–Kier alpha value is -2.55. The number of hydrogen-bond donors (Lipinski definition) is 1. The van der Waals surface area contributed by atoms with Gasteiger partial charge in [0.1, 0.15) is 5.69 Å². The van der Waals surface area contributed by atoms with Gasteiger partial charge in [-0.1, -0.05) is 0 Å². The summed E-state index contributed by atoms with van der Waals surface area (Å²) in [5.41, 5.74) is -1.65. The predicted octanol–water partition coefficient (Wildman–Crippen LogP) is 2.15. The Morgan fingerprint density at radius 1 is 1.23 bits per heavy atom. The molecule has 0 amide bonds. The van der Waals surface area contributed by atoms with Crippen molar-refractivity contribution >= 4 is 11.1 Å². The van der Waals surface area contributed by atoms with Crippen molar-refractivity contribution in [3.05, 3.63) is 30.9 Å². The molecule has 0 aliphatic heterocycles. The molecule has 3 aromatic rings. The molecule has 3 rings (SSSR count). The van der Waals surface area contributed by atoms with E-state index in [1.807, 2.05) is 0 Å². The predicted molar refractivity (Wildman–Crippen MR) is 70.8 cm³/mol. The third-order valence-corrected chi connectivity index (χ3v) is 3.01. The minimum Gasteiger partial charge on any atom is -0.441 e. The number of fused-ring (bicyclic) bond motifs is 1. The molecule has 2 aromatic heterocycles. The third-order valence-electron chi connectivity index (χ3n) is 3.01. The SMILES string of the molecule is CC(C)(O)C(F)(F)Oc1ccc(-n2nccn2)c2ocnc12. The van der Waals surface area contributed by atoms with Gasteiger partial charge >= 0.3 is 6.11 Å². The van der Waals surface area contributed by atoms with Crippen LogP contribution in [0.5, 0.6) is 5.75 Å². The standard InChI is InChI=1S/C13H12F2N4O3/c1-12(2,20)13(14,15)22-9-4-3-8(19-17-5-6-18-19)11-10(9)16-7-21-11/h3-7,20H,1-2H3. The number of oxazole rings is 1. The lowest BCUT2D eigenvalue weighted by Crippen LogP contribution is -2.47. The zero-order valence-electron chi connectivity index (χ0n) is 11.7. The molecule has 116 valence electrons. The summed E-state index contributed by atoms with van der Waals surface area (Å²) in [5.74, 6) is -0.216. The lowest BCUT2D eigenvalue weighted by Gasteiger charge is -2.28. The Labute approximate surface area is 123 Å². The van der Waals surface area contributed by atoms with Crippen LogP contribution in [0.15, 0.2) is 35.3 Å². The first-order chi connectivity index (χ1) is 10.3. The highest BCUT2D eigenvalue weighted by Gasteiger charge is 2.49. The lowest BCUT2D eigenvalue weighted by molar-refractivity contribution is -0.275. The fraction of sp³-hybridized carbons (Fsp3) is 0.308. The van der Waals surface area contributed by atoms with Gasteiger partial charge in [0.05, 0.1) is 12.4 Å². The van der Waals surface area contributed by atoms with E-state index in [9.17, 15) is 13.9 Å². The molecular weight excluding hydrogens is 298 g/mol. The largest absolute Gasteiger partial charge is 0.441 e. The number of alkyl halides is 2. The second kappa shape index (κ2) is 4.73. The average Bonchev–Trinajstić information content (AvgIpc) is 3.08. The van der Waals surface area contributed by atoms with Gasteiger partial charge in [0, 0.05) is 0 Å². The van der Waals surface area contributed by atoms with Gasteiger partial charge in [0.2, 0.25) is 0 Å². The molecule has 0 atom stereocenters. The third kappa shape index (κ3) is 2.29. The first-order valence-electron chi connectivity index (χ1n) is 6.32. The van der Waals surface area contributed by atoms with Gasteiger partial charge in [-0.25, -0.2) is 4.98 Å². The molecule has 0 saturated carbocycles. The Morgan fingerprint density at radius 2 is 1.91 bits per heavy atom. The minimum absolute atomic E-state index is 0.0822. The summed E-state index contributed by atoms with van der Waals surface area (Å²) in [4.78, 5) is 5.15. The van der Waals surface area contributed by atoms with E-state index in [0.29, 0.717) is 5.69 Å². The lowest BCUT2D eigenvalue weighted by atomic mass is 10.1. The first kappa shape index (κ1) is 14.4. The van der Waals surface area contributed by atoms with Crippen LogP contribution in [-0.2, 0) is 0 Å². The van der Waals surface area contributed by atoms with Crippen LogP contribution in [0, 0.1) is 0 Å². The van der Waals surface area contributed by atoms with E-state index in [1.165, 1.54) is 29.3 Å². The number of aliphatic hydroxyl groups is 1. The van der Waals surface area contributed by atoms with Crippen molar-refractivity contribution < 1.29 is 23.0 Å². The second-order valence-electron chi connectivity index (χ2n) is 5.11. The summed E-state index contributed by atoms with van der Waals surface area (Å²) in [6.45, 7) is 1.91. The number of halogens is 2. The zero-order chi connectivity index (χ0) is 16.0. The molecule has 0 spiro atoms. The van der Waals surface area contributed by atoms with Crippen LogP contribution in [0.25, 0.3) is 16.8 Å². The fourth-order valence-corrected chi connectivity index (χ4v) is 1.76. The van der Waals surface area contributed by atoms with E-state index in [-0.39, 0.29) is 16.8 Å². The molecule has 9 heteroatoms. The summed E-state index contributed by atoms with van der Waals surface area (Å²) in [7, 11) is 0. The maximum atomic E-state index is 13.9. The van der Waals surface area contributed by atoms with E-state index in [0.717, 1.165) is 20.2 Å². The van der Waals surface area contributed by atoms with Crippen molar-refractivity contribution in [3.63, 3.8) is 0 Å². The van der Waals surface area contributed by atoms with E-state index in [1.54, 1.807) is 0 Å². The van der Waals surface area contributed by atoms with E-state index in [4.69, 9.17) is 4.42 Å². The van der Waals surface area contributed by atoms with E-state index >= 15 is 0 Å². The van der Waals surface area contributed by atoms with Crippen LogP contribution in [0.4, 0.5) is 8.78 Å². The van der Waals surface area contributed by atoms with Gasteiger partial charge in [0.15, 0.2) is 28.8 Å². The minimum atomic E-state index is -3.80. The highest BCUT2D eigenvalue weighted by Crippen LogP contribution is 2.36. The second-order valence-corrected chi connectivity index (χ2v) is 5.11. The number of aromatic nitrogens is 4. The molecule has 0 fully saturated rings. The molecule has 2 heterocycles. The van der Waals surface area contributed by atoms with Crippen molar-refractivity contribution in [2.75, 3.05) is 0 Å². The van der Waals surface area contributed by atoms with Gasteiger partial charge in [-0.3, -0.25) is 0 Å². The molecule has 0 saturated heterocycles. The van der Waals surface area contributed by atoms with Crippen LogP contribution < -0.4 is 4.74 Å². The summed E-state index contributed by atoms with van der Waals surface area (Å²) >= 11 is 0. The summed E-state index contributed by atoms with van der Waals surface area (Å²) in [5, 5.41) is 17.4. The van der Waals surface area contributed by atoms with Gasteiger partial charge < -0.3 is 14.3 Å². The summed E-state index contributed by atoms with van der Waals surface area (Å²) < 4.78 is 37.6. The van der Waals surface area contributed by atoms with Crippen LogP contribution in [0.3, 0.4) is 0 Å². The monoisotopic (exact) mass is 310 g/mol. The molecule has 0 aliphatic carbocycles. The van der Waals surface area contributed by atoms with Crippen molar-refractivity contribution in [1.29, 1.82) is 0 Å². The number of nitrogens with zero attached hydrogens (tertiary/aromatic N) is 4. The normalized spacial score (nSPS) is 12.8. The Kier molecular flexibility index (Phi) is 3.10. The average molecular weight is 310 g/mol. The van der Waals surface area contributed by atoms with Gasteiger partial charge in [-0.05, 0) is 26.0 Å². The molecule has 0 aliphatic rings. The van der Waals surface area contributed by atoms with Crippen molar-refractivity contribution in [3.8, 4) is 11.4 Å². The Morgan fingerprint density at radius 3 is 2.55 bits per heavy atom. The van der Waals surface area contributed by atoms with Gasteiger partial charge in [0.25, 0.3) is 0 Å². The molecule has 0 unspecified atom stereocenters. The maximum Gasteiger partial charge on any atom is 0.426 e. The first-order valence-corrected chi connectivity index (χ1v) is 6.32. The number of hydrogen-bond acceptors (Lipinski definition) is 6. The smallest absolute Gasteiger partial charge is 0.426 e. The van der Waals surface area contributed by atoms with Crippen LogP contribution in [-0.4, -0.2) is 36.8 Å². The Balaban J connectivity index is 2.07. The summed E-state index contributed by atoms with van der Waals surface area (Å²) in [6, 6.07) is 2.76. The molecule has 7 nitrogen and oxygen atoms in total. The molecular formula is C13H12F2N4O3. The Bertz CT molecular complexity index is 793. The molecule has 1 N–H and O–H groups in total. The zero-order valence-corrected chi connectivity index (χ0v) is 11.7. The van der Waals surface area contributed by atoms with E-state index < -0.39 is 11.7 Å². The van der Waals surface area contributed by atoms with Crippen LogP contribution in [0.2, 0.25) is 0 Å². The van der Waals surface area contributed by atoms with Crippen molar-refractivity contribution in [2.24, 2.45) is 0 Å². The molecule has 22 heavy (non-hydrogen) atoms. The highest BCUT2D eigenvalue weighted by atomic mass is 19.3. The van der Waals surface area contributed by atoms with Gasteiger partial charge in [-0.2, -0.15) is 19.0 Å². The maximum absolute atomic E-state index is 13.9. The molecule has 0 bridgehead atoms. The highest BCUT2D eigenvalue weighted by molar-refractivity contribution is 5.86. The summed E-state index contributed by atoms with van der Waals surface area (Å²) in [6.07, 6.45) is 0.237. The number of rotatable bonds is 4. The van der Waals surface area contributed by atoms with Crippen molar-refractivity contribution in [1.82, 2.24) is 20.0 Å². The topological polar surface area (TPSA) is 86.2 Å². The van der Waals surface area contributed by atoms with Gasteiger partial charge in [-0.15, -0.1) is 4.80 Å². The number of ether oxygens (including phenoxy) is 1. The van der Waals surface area contributed by atoms with Crippen LogP contribution >= 0.6 is 0 Å².